The summed E-state index contributed by atoms with van der Waals surface area (Å²) < 4.78 is 76.1. The van der Waals surface area contributed by atoms with Gasteiger partial charge in [-0.25, -0.2) is 22.5 Å². The molecule has 26 heavy (non-hydrogen) atoms. The van der Waals surface area contributed by atoms with E-state index in [-0.39, 0.29) is 22.0 Å². The van der Waals surface area contributed by atoms with Crippen molar-refractivity contribution in [1.82, 2.24) is 14.8 Å². The van der Waals surface area contributed by atoms with Crippen LogP contribution in [0.5, 0.6) is 0 Å². The number of nitrogens with zero attached hydrogens (tertiary/aromatic N) is 3. The predicted molar refractivity (Wildman–Crippen MR) is 84.9 cm³/mol. The van der Waals surface area contributed by atoms with Crippen LogP contribution in [0.15, 0.2) is 53.4 Å². The van der Waals surface area contributed by atoms with E-state index in [1.54, 1.807) is 0 Å². The molecule has 0 aliphatic carbocycles. The summed E-state index contributed by atoms with van der Waals surface area (Å²) in [4.78, 5) is 3.53. The van der Waals surface area contributed by atoms with E-state index in [0.29, 0.717) is 0 Å². The molecule has 0 N–H and O–H groups in total. The number of aromatic nitrogens is 3. The lowest BCUT2D eigenvalue weighted by Crippen LogP contribution is -2.08. The maximum Gasteiger partial charge on any atom is 0.453 e. The highest BCUT2D eigenvalue weighted by molar-refractivity contribution is 7.90. The normalized spacial score (nSPS) is 12.3. The Morgan fingerprint density at radius 1 is 0.962 bits per heavy atom. The van der Waals surface area contributed by atoms with Crippen molar-refractivity contribution in [3.8, 4) is 17.1 Å². The van der Waals surface area contributed by atoms with Gasteiger partial charge in [0.15, 0.2) is 15.7 Å². The van der Waals surface area contributed by atoms with Crippen LogP contribution in [-0.2, 0) is 16.0 Å². The van der Waals surface area contributed by atoms with Gasteiger partial charge in [0.1, 0.15) is 5.82 Å². The fourth-order valence-electron chi connectivity index (χ4n) is 2.23. The largest absolute Gasteiger partial charge is 0.453 e. The maximum atomic E-state index is 13.1. The van der Waals surface area contributed by atoms with Crippen LogP contribution in [0.4, 0.5) is 17.6 Å². The molecule has 0 spiro atoms. The van der Waals surface area contributed by atoms with Crippen LogP contribution in [0.1, 0.15) is 5.82 Å². The molecule has 0 aliphatic rings. The van der Waals surface area contributed by atoms with Crippen LogP contribution < -0.4 is 0 Å². The van der Waals surface area contributed by atoms with Crippen LogP contribution in [0, 0.1) is 5.82 Å². The van der Waals surface area contributed by atoms with Gasteiger partial charge in [0.25, 0.3) is 5.82 Å². The predicted octanol–water partition coefficient (Wildman–Crippen LogP) is 3.50. The summed E-state index contributed by atoms with van der Waals surface area (Å²) >= 11 is 0. The quantitative estimate of drug-likeness (QED) is 0.648. The van der Waals surface area contributed by atoms with Crippen molar-refractivity contribution in [3.05, 3.63) is 60.2 Å². The second kappa shape index (κ2) is 6.20. The Bertz CT molecular complexity index is 1040. The monoisotopic (exact) mass is 385 g/mol. The van der Waals surface area contributed by atoms with Crippen LogP contribution >= 0.6 is 0 Å². The molecule has 0 unspecified atom stereocenters. The molecule has 0 atom stereocenters. The van der Waals surface area contributed by atoms with Gasteiger partial charge in [-0.1, -0.05) is 0 Å². The summed E-state index contributed by atoms with van der Waals surface area (Å²) in [6.45, 7) is 0. The molecule has 5 nitrogen and oxygen atoms in total. The van der Waals surface area contributed by atoms with E-state index in [1.807, 2.05) is 0 Å². The van der Waals surface area contributed by atoms with Gasteiger partial charge >= 0.3 is 6.18 Å². The summed E-state index contributed by atoms with van der Waals surface area (Å²) in [5, 5.41) is 3.48. The number of hydrogen-bond acceptors (Lipinski definition) is 4. The lowest BCUT2D eigenvalue weighted by Gasteiger charge is -2.07. The van der Waals surface area contributed by atoms with Crippen molar-refractivity contribution in [1.29, 1.82) is 0 Å². The van der Waals surface area contributed by atoms with Gasteiger partial charge in [-0.2, -0.15) is 13.2 Å². The highest BCUT2D eigenvalue weighted by Gasteiger charge is 2.37. The lowest BCUT2D eigenvalue weighted by molar-refractivity contribution is -0.144. The summed E-state index contributed by atoms with van der Waals surface area (Å²) in [7, 11) is -3.45. The first-order valence-electron chi connectivity index (χ1n) is 7.16. The molecule has 3 rings (SSSR count). The van der Waals surface area contributed by atoms with Gasteiger partial charge in [-0.3, -0.25) is 0 Å². The van der Waals surface area contributed by atoms with E-state index >= 15 is 0 Å². The minimum Gasteiger partial charge on any atom is -0.224 e. The number of hydrogen-bond donors (Lipinski definition) is 0. The Morgan fingerprint density at radius 2 is 1.54 bits per heavy atom. The molecular formula is C16H11F4N3O2S. The van der Waals surface area contributed by atoms with Gasteiger partial charge < -0.3 is 0 Å². The molecule has 0 fully saturated rings. The fraction of sp³-hybridized carbons (Fsp3) is 0.125. The van der Waals surface area contributed by atoms with E-state index in [9.17, 15) is 26.0 Å². The van der Waals surface area contributed by atoms with E-state index in [1.165, 1.54) is 36.4 Å². The molecule has 0 aliphatic heterocycles. The van der Waals surface area contributed by atoms with Gasteiger partial charge in [0.05, 0.1) is 10.6 Å². The topological polar surface area (TPSA) is 64.8 Å². The van der Waals surface area contributed by atoms with Gasteiger partial charge in [-0.05, 0) is 48.5 Å². The van der Waals surface area contributed by atoms with Crippen LogP contribution in [-0.4, -0.2) is 29.4 Å². The Hall–Kier alpha value is -2.75. The van der Waals surface area contributed by atoms with Gasteiger partial charge in [0, 0.05) is 11.8 Å². The first-order chi connectivity index (χ1) is 12.1. The maximum absolute atomic E-state index is 13.1. The molecule has 2 aromatic carbocycles. The number of alkyl halides is 3. The highest BCUT2D eigenvalue weighted by Crippen LogP contribution is 2.30. The van der Waals surface area contributed by atoms with Gasteiger partial charge in [0.2, 0.25) is 0 Å². The van der Waals surface area contributed by atoms with Crippen LogP contribution in [0.25, 0.3) is 17.1 Å². The number of benzene rings is 2. The number of halogens is 4. The Kier molecular flexibility index (Phi) is 4.31. The van der Waals surface area contributed by atoms with E-state index in [2.05, 4.69) is 10.1 Å². The molecule has 1 heterocycles. The van der Waals surface area contributed by atoms with Gasteiger partial charge in [-0.15, -0.1) is 5.10 Å². The molecule has 3 aromatic rings. The summed E-state index contributed by atoms with van der Waals surface area (Å²) in [6, 6.07) is 9.89. The molecule has 0 saturated carbocycles. The molecule has 0 saturated heterocycles. The minimum atomic E-state index is -4.77. The second-order valence-electron chi connectivity index (χ2n) is 5.44. The van der Waals surface area contributed by atoms with Crippen molar-refractivity contribution >= 4 is 9.84 Å². The summed E-state index contributed by atoms with van der Waals surface area (Å²) in [5.74, 6) is -2.05. The lowest BCUT2D eigenvalue weighted by atomic mass is 10.2. The SMILES string of the molecule is CS(=O)(=O)c1ccc(-n2nc(C(F)(F)F)nc2-c2ccc(F)cc2)cc1. The first kappa shape index (κ1) is 18.1. The number of sulfone groups is 1. The average Bonchev–Trinajstić information content (AvgIpc) is 3.00. The Balaban J connectivity index is 2.16. The molecule has 0 radical (unpaired) electrons. The zero-order valence-electron chi connectivity index (χ0n) is 13.2. The Morgan fingerprint density at radius 3 is 2.04 bits per heavy atom. The number of rotatable bonds is 3. The summed E-state index contributed by atoms with van der Waals surface area (Å²) in [5.41, 5.74) is 0.404. The first-order valence-corrected chi connectivity index (χ1v) is 9.05. The van der Waals surface area contributed by atoms with E-state index in [4.69, 9.17) is 0 Å². The van der Waals surface area contributed by atoms with Crippen molar-refractivity contribution in [2.45, 2.75) is 11.1 Å². The molecule has 10 heteroatoms. The van der Waals surface area contributed by atoms with E-state index in [0.717, 1.165) is 23.1 Å². The summed E-state index contributed by atoms with van der Waals surface area (Å²) in [6.07, 6.45) is -3.75. The zero-order chi connectivity index (χ0) is 19.1. The third kappa shape index (κ3) is 3.59. The molecular weight excluding hydrogens is 374 g/mol. The zero-order valence-corrected chi connectivity index (χ0v) is 14.0. The fourth-order valence-corrected chi connectivity index (χ4v) is 2.86. The minimum absolute atomic E-state index is 0.0146. The molecule has 1 aromatic heterocycles. The molecule has 0 amide bonds. The van der Waals surface area contributed by atoms with Crippen molar-refractivity contribution < 1.29 is 26.0 Å². The standard InChI is InChI=1S/C16H11F4N3O2S/c1-26(24,25)13-8-6-12(7-9-13)23-14(10-2-4-11(17)5-3-10)21-15(22-23)16(18,19)20/h2-9H,1H3. The second-order valence-corrected chi connectivity index (χ2v) is 7.46. The van der Waals surface area contributed by atoms with Crippen LogP contribution in [0.2, 0.25) is 0 Å². The Labute approximate surface area is 145 Å². The third-order valence-electron chi connectivity index (χ3n) is 3.47. The molecule has 0 bridgehead atoms. The van der Waals surface area contributed by atoms with Crippen molar-refractivity contribution in [2.24, 2.45) is 0 Å². The smallest absolute Gasteiger partial charge is 0.224 e. The van der Waals surface area contributed by atoms with Crippen molar-refractivity contribution in [3.63, 3.8) is 0 Å². The van der Waals surface area contributed by atoms with Crippen LogP contribution in [0.3, 0.4) is 0 Å². The average molecular weight is 385 g/mol. The third-order valence-corrected chi connectivity index (χ3v) is 4.60. The molecule has 136 valence electrons. The van der Waals surface area contributed by atoms with Crippen molar-refractivity contribution in [2.75, 3.05) is 6.26 Å². The van der Waals surface area contributed by atoms with E-state index < -0.39 is 27.7 Å². The highest BCUT2D eigenvalue weighted by atomic mass is 32.2.